The predicted octanol–water partition coefficient (Wildman–Crippen LogP) is 6.31. The number of benzene rings is 3. The second-order valence-electron chi connectivity index (χ2n) is 8.85. The van der Waals surface area contributed by atoms with Gasteiger partial charge in [-0.05, 0) is 72.3 Å². The van der Waals surface area contributed by atoms with Gasteiger partial charge in [-0.25, -0.2) is 8.78 Å². The number of carbonyl (C=O) groups excluding carboxylic acids is 2. The first-order valence-electron chi connectivity index (χ1n) is 12.0. The smallest absolute Gasteiger partial charge is 0.290 e. The van der Waals surface area contributed by atoms with Crippen LogP contribution in [0.2, 0.25) is 5.02 Å². The molecule has 5 rings (SSSR count). The van der Waals surface area contributed by atoms with E-state index in [0.717, 1.165) is 23.9 Å². The number of carbonyl (C=O) groups is 2. The molecule has 40 heavy (non-hydrogen) atoms. The maximum Gasteiger partial charge on any atom is 0.290 e. The van der Waals surface area contributed by atoms with Crippen LogP contribution in [0.1, 0.15) is 12.5 Å². The molecule has 4 aromatic rings. The lowest BCUT2D eigenvalue weighted by Crippen LogP contribution is -2.18. The molecule has 204 valence electrons. The molecule has 0 atom stereocenters. The van der Waals surface area contributed by atoms with Crippen molar-refractivity contribution in [2.45, 2.75) is 6.92 Å². The summed E-state index contributed by atoms with van der Waals surface area (Å²) in [6, 6.07) is 15.3. The van der Waals surface area contributed by atoms with Gasteiger partial charge in [-0.3, -0.25) is 19.7 Å². The summed E-state index contributed by atoms with van der Waals surface area (Å²) in [4.78, 5) is 37.1. The van der Waals surface area contributed by atoms with Gasteiger partial charge in [-0.1, -0.05) is 29.8 Å². The Hall–Kier alpha value is -4.15. The Labute approximate surface area is 236 Å². The van der Waals surface area contributed by atoms with Crippen LogP contribution >= 0.6 is 23.4 Å². The minimum atomic E-state index is -1.05. The van der Waals surface area contributed by atoms with E-state index in [1.165, 1.54) is 6.07 Å². The molecule has 1 aliphatic heterocycles. The summed E-state index contributed by atoms with van der Waals surface area (Å²) in [5.74, 6) is -2.18. The molecule has 0 bridgehead atoms. The first-order chi connectivity index (χ1) is 19.2. The van der Waals surface area contributed by atoms with E-state index in [4.69, 9.17) is 21.1 Å². The van der Waals surface area contributed by atoms with Gasteiger partial charge in [0.15, 0.2) is 17.4 Å². The fourth-order valence-corrected chi connectivity index (χ4v) is 5.38. The molecule has 0 unspecified atom stereocenters. The Kier molecular flexibility index (Phi) is 7.64. The third kappa shape index (κ3) is 5.20. The number of aromatic nitrogens is 1. The van der Waals surface area contributed by atoms with Gasteiger partial charge in [-0.15, -0.1) is 0 Å². The van der Waals surface area contributed by atoms with Crippen molar-refractivity contribution in [3.8, 4) is 22.8 Å². The molecule has 1 fully saturated rings. The van der Waals surface area contributed by atoms with Gasteiger partial charge in [0.25, 0.3) is 11.1 Å². The van der Waals surface area contributed by atoms with Crippen LogP contribution < -0.4 is 20.2 Å². The molecule has 3 aromatic carbocycles. The van der Waals surface area contributed by atoms with E-state index in [9.17, 15) is 23.2 Å². The number of para-hydroxylation sites is 1. The highest BCUT2D eigenvalue weighted by molar-refractivity contribution is 8.18. The molecule has 7 nitrogen and oxygen atoms in total. The number of pyridine rings is 1. The number of hydrogen-bond acceptors (Lipinski definition) is 6. The van der Waals surface area contributed by atoms with Crippen LogP contribution in [0.4, 0.5) is 13.6 Å². The second kappa shape index (κ2) is 11.1. The van der Waals surface area contributed by atoms with Crippen LogP contribution in [0.5, 0.6) is 11.5 Å². The third-order valence-corrected chi connectivity index (χ3v) is 7.65. The Bertz CT molecular complexity index is 1790. The van der Waals surface area contributed by atoms with Gasteiger partial charge in [0, 0.05) is 18.0 Å². The molecule has 0 spiro atoms. The van der Waals surface area contributed by atoms with E-state index in [2.05, 4.69) is 5.32 Å². The van der Waals surface area contributed by atoms with Crippen molar-refractivity contribution in [1.82, 2.24) is 9.88 Å². The SMILES string of the molecule is CC(=C1SC(=O)NC1=O)c1ccc(OCCOc2c(-c3ccc(F)c(F)c3)n(C)c3ccccc3c2=O)c(Cl)c1. The number of thioether (sulfide) groups is 1. The molecule has 11 heteroatoms. The Morgan fingerprint density at radius 1 is 0.975 bits per heavy atom. The lowest BCUT2D eigenvalue weighted by Gasteiger charge is -2.18. The summed E-state index contributed by atoms with van der Waals surface area (Å²) in [7, 11) is 1.71. The molecular weight excluding hydrogens is 562 g/mol. The van der Waals surface area contributed by atoms with Crippen molar-refractivity contribution in [2.24, 2.45) is 7.05 Å². The Morgan fingerprint density at radius 3 is 2.42 bits per heavy atom. The maximum atomic E-state index is 14.1. The lowest BCUT2D eigenvalue weighted by molar-refractivity contribution is -0.115. The first-order valence-corrected chi connectivity index (χ1v) is 13.2. The monoisotopic (exact) mass is 582 g/mol. The van der Waals surface area contributed by atoms with Gasteiger partial charge in [0.05, 0.1) is 21.1 Å². The van der Waals surface area contributed by atoms with Crippen molar-refractivity contribution in [1.29, 1.82) is 0 Å². The number of allylic oxidation sites excluding steroid dienone is 1. The van der Waals surface area contributed by atoms with Gasteiger partial charge < -0.3 is 14.0 Å². The summed E-state index contributed by atoms with van der Waals surface area (Å²) < 4.78 is 41.1. The van der Waals surface area contributed by atoms with Crippen molar-refractivity contribution in [3.05, 3.63) is 98.0 Å². The summed E-state index contributed by atoms with van der Waals surface area (Å²) in [5.41, 5.74) is 2.02. The summed E-state index contributed by atoms with van der Waals surface area (Å²) >= 11 is 7.23. The van der Waals surface area contributed by atoms with E-state index in [0.29, 0.717) is 38.4 Å². The average Bonchev–Trinajstić information content (AvgIpc) is 3.28. The minimum absolute atomic E-state index is 0.0130. The highest BCUT2D eigenvalue weighted by Gasteiger charge is 2.27. The van der Waals surface area contributed by atoms with Crippen LogP contribution in [-0.4, -0.2) is 28.9 Å². The normalized spacial score (nSPS) is 14.4. The zero-order valence-corrected chi connectivity index (χ0v) is 22.8. The molecule has 1 saturated heterocycles. The number of ether oxygens (including phenoxy) is 2. The Morgan fingerprint density at radius 2 is 1.73 bits per heavy atom. The van der Waals surface area contributed by atoms with Crippen LogP contribution in [0.15, 0.2) is 70.4 Å². The molecule has 1 aliphatic rings. The molecule has 2 heterocycles. The van der Waals surface area contributed by atoms with Crippen LogP contribution in [0, 0.1) is 11.6 Å². The molecule has 1 aromatic heterocycles. The molecule has 0 radical (unpaired) electrons. The first kappa shape index (κ1) is 27.4. The number of aryl methyl sites for hydroxylation is 1. The van der Waals surface area contributed by atoms with Crippen LogP contribution in [-0.2, 0) is 11.8 Å². The summed E-state index contributed by atoms with van der Waals surface area (Å²) in [6.45, 7) is 1.68. The largest absolute Gasteiger partial charge is 0.488 e. The number of hydrogen-bond donors (Lipinski definition) is 1. The third-order valence-electron chi connectivity index (χ3n) is 6.37. The standard InChI is InChI=1S/C29H21ClF2N2O5S/c1-15(27-28(36)33-29(37)40-27)16-8-10-23(19(30)13-16)38-11-12-39-26-24(17-7-9-20(31)21(32)14-17)34(2)22-6-4-3-5-18(22)25(26)35/h3-10,13-14H,11-12H2,1-2H3,(H,33,36,37). The van der Waals surface area contributed by atoms with Crippen LogP contribution in [0.25, 0.3) is 27.7 Å². The number of rotatable bonds is 7. The molecular formula is C29H21ClF2N2O5S. The van der Waals surface area contributed by atoms with Gasteiger partial charge >= 0.3 is 0 Å². The number of halogens is 3. The summed E-state index contributed by atoms with van der Waals surface area (Å²) in [6.07, 6.45) is 0. The second-order valence-corrected chi connectivity index (χ2v) is 10.2. The topological polar surface area (TPSA) is 86.6 Å². The average molecular weight is 583 g/mol. The number of fused-ring (bicyclic) bond motifs is 1. The van der Waals surface area contributed by atoms with Crippen molar-refractivity contribution in [2.75, 3.05) is 13.2 Å². The number of amides is 2. The van der Waals surface area contributed by atoms with Gasteiger partial charge in [0.2, 0.25) is 5.43 Å². The fourth-order valence-electron chi connectivity index (χ4n) is 4.40. The van der Waals surface area contributed by atoms with E-state index in [-0.39, 0.29) is 29.5 Å². The quantitative estimate of drug-likeness (QED) is 0.203. The van der Waals surface area contributed by atoms with E-state index in [1.54, 1.807) is 61.0 Å². The van der Waals surface area contributed by atoms with Crippen molar-refractivity contribution < 1.29 is 27.8 Å². The minimum Gasteiger partial charge on any atom is -0.488 e. The van der Waals surface area contributed by atoms with E-state index in [1.807, 2.05) is 0 Å². The zero-order valence-electron chi connectivity index (χ0n) is 21.2. The number of nitrogens with zero attached hydrogens (tertiary/aromatic N) is 1. The van der Waals surface area contributed by atoms with Crippen molar-refractivity contribution in [3.63, 3.8) is 0 Å². The molecule has 0 aliphatic carbocycles. The van der Waals surface area contributed by atoms with Crippen molar-refractivity contribution >= 4 is 51.0 Å². The highest BCUT2D eigenvalue weighted by Crippen LogP contribution is 2.35. The maximum absolute atomic E-state index is 14.1. The highest BCUT2D eigenvalue weighted by atomic mass is 35.5. The number of imide groups is 1. The van der Waals surface area contributed by atoms with E-state index >= 15 is 0 Å². The fraction of sp³-hybridized carbons (Fsp3) is 0.138. The van der Waals surface area contributed by atoms with E-state index < -0.39 is 28.2 Å². The van der Waals surface area contributed by atoms with Crippen LogP contribution in [0.3, 0.4) is 0 Å². The summed E-state index contributed by atoms with van der Waals surface area (Å²) in [5, 5.41) is 2.48. The molecule has 1 N–H and O–H groups in total. The molecule has 2 amide bonds. The Balaban J connectivity index is 1.37. The number of nitrogens with one attached hydrogen (secondary N) is 1. The lowest BCUT2D eigenvalue weighted by atomic mass is 10.1. The van der Waals surface area contributed by atoms with Gasteiger partial charge in [-0.2, -0.15) is 0 Å². The molecule has 0 saturated carbocycles. The van der Waals surface area contributed by atoms with Gasteiger partial charge in [0.1, 0.15) is 19.0 Å². The zero-order chi connectivity index (χ0) is 28.6. The predicted molar refractivity (Wildman–Crippen MR) is 151 cm³/mol.